The first-order valence-electron chi connectivity index (χ1n) is 9.24. The van der Waals surface area contributed by atoms with Gasteiger partial charge in [0.25, 0.3) is 5.91 Å². The van der Waals surface area contributed by atoms with Crippen molar-refractivity contribution >= 4 is 15.9 Å². The van der Waals surface area contributed by atoms with Crippen molar-refractivity contribution in [2.24, 2.45) is 5.92 Å². The quantitative estimate of drug-likeness (QED) is 0.626. The summed E-state index contributed by atoms with van der Waals surface area (Å²) in [4.78, 5) is 14.2. The molecule has 150 valence electrons. The number of piperidine rings is 1. The Labute approximate surface area is 160 Å². The van der Waals surface area contributed by atoms with Crippen LogP contribution >= 0.6 is 0 Å². The summed E-state index contributed by atoms with van der Waals surface area (Å²) in [5.74, 6) is -1.05. The minimum absolute atomic E-state index is 0.0216. The van der Waals surface area contributed by atoms with Gasteiger partial charge in [-0.15, -0.1) is 6.58 Å². The predicted molar refractivity (Wildman–Crippen MR) is 104 cm³/mol. The van der Waals surface area contributed by atoms with Gasteiger partial charge in [0.15, 0.2) is 0 Å². The topological polar surface area (TPSA) is 78.5 Å². The minimum atomic E-state index is -4.04. The molecule has 1 heterocycles. The molecule has 27 heavy (non-hydrogen) atoms. The number of nitrogens with one attached hydrogen (secondary N) is 2. The van der Waals surface area contributed by atoms with Crippen LogP contribution in [0.25, 0.3) is 0 Å². The first-order valence-corrected chi connectivity index (χ1v) is 10.7. The van der Waals surface area contributed by atoms with Gasteiger partial charge in [-0.3, -0.25) is 4.79 Å². The molecular weight excluding hydrogens is 369 g/mol. The first-order chi connectivity index (χ1) is 12.8. The standard InChI is InChI=1S/C19H28FN3O3S/c1-3-9-22-27(25,26)18-12-16(7-8-17(18)20)19(24)21-13-15(2)14-23-10-5-4-6-11-23/h3,7-8,12,15,22H,1,4-6,9-11,13-14H2,2H3,(H,21,24). The summed E-state index contributed by atoms with van der Waals surface area (Å²) in [6.07, 6.45) is 5.06. The summed E-state index contributed by atoms with van der Waals surface area (Å²) >= 11 is 0. The number of rotatable bonds is 9. The van der Waals surface area contributed by atoms with E-state index in [4.69, 9.17) is 0 Å². The van der Waals surface area contributed by atoms with Gasteiger partial charge < -0.3 is 10.2 Å². The third-order valence-electron chi connectivity index (χ3n) is 4.53. The average molecular weight is 398 g/mol. The zero-order chi connectivity index (χ0) is 19.9. The Bertz CT molecular complexity index is 761. The molecule has 1 unspecified atom stereocenters. The molecule has 1 amide bonds. The van der Waals surface area contributed by atoms with Crippen LogP contribution in [0.5, 0.6) is 0 Å². The van der Waals surface area contributed by atoms with Gasteiger partial charge in [-0.25, -0.2) is 17.5 Å². The van der Waals surface area contributed by atoms with E-state index in [2.05, 4.69) is 28.4 Å². The molecule has 8 heteroatoms. The molecule has 1 fully saturated rings. The number of likely N-dealkylation sites (tertiary alicyclic amines) is 1. The predicted octanol–water partition coefficient (Wildman–Crippen LogP) is 2.14. The van der Waals surface area contributed by atoms with Crippen LogP contribution < -0.4 is 10.0 Å². The molecule has 0 spiro atoms. The number of halogens is 1. The van der Waals surface area contributed by atoms with Gasteiger partial charge in [-0.2, -0.15) is 0 Å². The van der Waals surface area contributed by atoms with E-state index in [9.17, 15) is 17.6 Å². The van der Waals surface area contributed by atoms with E-state index in [1.54, 1.807) is 0 Å². The highest BCUT2D eigenvalue weighted by Crippen LogP contribution is 2.17. The molecule has 2 rings (SSSR count). The van der Waals surface area contributed by atoms with Crippen molar-refractivity contribution in [3.8, 4) is 0 Å². The molecule has 1 aliphatic rings. The van der Waals surface area contributed by atoms with E-state index in [0.717, 1.165) is 31.8 Å². The fourth-order valence-electron chi connectivity index (χ4n) is 3.11. The normalized spacial score (nSPS) is 16.7. The van der Waals surface area contributed by atoms with Gasteiger partial charge >= 0.3 is 0 Å². The highest BCUT2D eigenvalue weighted by Gasteiger charge is 2.21. The van der Waals surface area contributed by atoms with E-state index in [0.29, 0.717) is 6.54 Å². The smallest absolute Gasteiger partial charge is 0.251 e. The van der Waals surface area contributed by atoms with Crippen LogP contribution in [0.3, 0.4) is 0 Å². The second kappa shape index (κ2) is 9.96. The van der Waals surface area contributed by atoms with Gasteiger partial charge in [-0.05, 0) is 50.0 Å². The van der Waals surface area contributed by atoms with E-state index < -0.39 is 26.6 Å². The summed E-state index contributed by atoms with van der Waals surface area (Å²) in [6, 6.07) is 3.34. The van der Waals surface area contributed by atoms with E-state index in [-0.39, 0.29) is 18.0 Å². The molecule has 0 aliphatic carbocycles. The van der Waals surface area contributed by atoms with E-state index >= 15 is 0 Å². The molecule has 1 atom stereocenters. The summed E-state index contributed by atoms with van der Waals surface area (Å²) in [7, 11) is -4.04. The third kappa shape index (κ3) is 6.41. The van der Waals surface area contributed by atoms with Gasteiger partial charge in [0.05, 0.1) is 0 Å². The molecule has 0 saturated carbocycles. The number of sulfonamides is 1. The fraction of sp³-hybridized carbons (Fsp3) is 0.526. The minimum Gasteiger partial charge on any atom is -0.352 e. The lowest BCUT2D eigenvalue weighted by atomic mass is 10.1. The maximum atomic E-state index is 13.9. The van der Waals surface area contributed by atoms with Crippen LogP contribution in [0, 0.1) is 11.7 Å². The largest absolute Gasteiger partial charge is 0.352 e. The zero-order valence-corrected chi connectivity index (χ0v) is 16.5. The second-order valence-corrected chi connectivity index (χ2v) is 8.70. The SMILES string of the molecule is C=CCNS(=O)(=O)c1cc(C(=O)NCC(C)CN2CCCCC2)ccc1F. The molecule has 1 aliphatic heterocycles. The van der Waals surface area contributed by atoms with Crippen LogP contribution in [0.4, 0.5) is 4.39 Å². The monoisotopic (exact) mass is 397 g/mol. The molecule has 1 aromatic carbocycles. The maximum absolute atomic E-state index is 13.9. The number of benzene rings is 1. The Kier molecular flexibility index (Phi) is 7.94. The number of hydrogen-bond donors (Lipinski definition) is 2. The Morgan fingerprint density at radius 2 is 2.04 bits per heavy atom. The Morgan fingerprint density at radius 3 is 2.70 bits per heavy atom. The highest BCUT2D eigenvalue weighted by atomic mass is 32.2. The summed E-state index contributed by atoms with van der Waals surface area (Å²) < 4.78 is 40.4. The van der Waals surface area contributed by atoms with Crippen molar-refractivity contribution in [2.75, 3.05) is 32.7 Å². The van der Waals surface area contributed by atoms with Gasteiger partial charge in [0, 0.05) is 25.2 Å². The van der Waals surface area contributed by atoms with Gasteiger partial charge in [0.2, 0.25) is 10.0 Å². The van der Waals surface area contributed by atoms with E-state index in [1.807, 2.05) is 0 Å². The van der Waals surface area contributed by atoms with Crippen molar-refractivity contribution in [2.45, 2.75) is 31.1 Å². The molecule has 2 N–H and O–H groups in total. The summed E-state index contributed by atoms with van der Waals surface area (Å²) in [6.45, 7) is 9.03. The lowest BCUT2D eigenvalue weighted by molar-refractivity contribution is 0.0942. The first kappa shape index (κ1) is 21.5. The zero-order valence-electron chi connectivity index (χ0n) is 15.7. The van der Waals surface area contributed by atoms with Crippen molar-refractivity contribution < 1.29 is 17.6 Å². The van der Waals surface area contributed by atoms with Crippen LogP contribution in [-0.2, 0) is 10.0 Å². The number of nitrogens with zero attached hydrogens (tertiary/aromatic N) is 1. The maximum Gasteiger partial charge on any atom is 0.251 e. The third-order valence-corrected chi connectivity index (χ3v) is 5.97. The van der Waals surface area contributed by atoms with Crippen LogP contribution in [0.15, 0.2) is 35.7 Å². The van der Waals surface area contributed by atoms with E-state index in [1.165, 1.54) is 31.4 Å². The van der Waals surface area contributed by atoms with Crippen LogP contribution in [-0.4, -0.2) is 51.9 Å². The van der Waals surface area contributed by atoms with Crippen molar-refractivity contribution in [3.63, 3.8) is 0 Å². The molecular formula is C19H28FN3O3S. The lowest BCUT2D eigenvalue weighted by Gasteiger charge is -2.29. The molecule has 0 aromatic heterocycles. The number of carbonyl (C=O) groups is 1. The summed E-state index contributed by atoms with van der Waals surface area (Å²) in [5.41, 5.74) is 0.112. The van der Waals surface area contributed by atoms with Crippen molar-refractivity contribution in [3.05, 3.63) is 42.2 Å². The number of carbonyl (C=O) groups excluding carboxylic acids is 1. The lowest BCUT2D eigenvalue weighted by Crippen LogP contribution is -2.38. The molecule has 1 saturated heterocycles. The average Bonchev–Trinajstić information content (AvgIpc) is 2.65. The Hall–Kier alpha value is -1.77. The number of amides is 1. The molecule has 6 nitrogen and oxygen atoms in total. The molecule has 1 aromatic rings. The van der Waals surface area contributed by atoms with Gasteiger partial charge in [-0.1, -0.05) is 19.4 Å². The molecule has 0 radical (unpaired) electrons. The van der Waals surface area contributed by atoms with Crippen molar-refractivity contribution in [1.29, 1.82) is 0 Å². The fourth-order valence-corrected chi connectivity index (χ4v) is 4.21. The summed E-state index contributed by atoms with van der Waals surface area (Å²) in [5, 5.41) is 2.81. The highest BCUT2D eigenvalue weighted by molar-refractivity contribution is 7.89. The van der Waals surface area contributed by atoms with Crippen LogP contribution in [0.2, 0.25) is 0 Å². The Morgan fingerprint density at radius 1 is 1.33 bits per heavy atom. The van der Waals surface area contributed by atoms with Gasteiger partial charge in [0.1, 0.15) is 10.7 Å². The molecule has 0 bridgehead atoms. The van der Waals surface area contributed by atoms with Crippen molar-refractivity contribution in [1.82, 2.24) is 14.9 Å². The Balaban J connectivity index is 1.97. The number of hydrogen-bond acceptors (Lipinski definition) is 4. The van der Waals surface area contributed by atoms with Crippen LogP contribution in [0.1, 0.15) is 36.5 Å². The second-order valence-electron chi connectivity index (χ2n) is 6.96.